The summed E-state index contributed by atoms with van der Waals surface area (Å²) < 4.78 is 5.90. The number of piperidine rings is 1. The average molecular weight is 371 g/mol. The van der Waals surface area contributed by atoms with Crippen molar-refractivity contribution >= 4 is 5.82 Å². The van der Waals surface area contributed by atoms with Crippen molar-refractivity contribution in [1.82, 2.24) is 9.97 Å². The summed E-state index contributed by atoms with van der Waals surface area (Å²) in [5.74, 6) is 1.50. The lowest BCUT2D eigenvalue weighted by atomic mass is 9.82. The molecule has 4 rings (SSSR count). The topological polar surface area (TPSA) is 98.9 Å². The van der Waals surface area contributed by atoms with Gasteiger partial charge in [0.25, 0.3) is 0 Å². The van der Waals surface area contributed by atoms with Crippen LogP contribution in [0, 0.1) is 6.92 Å². The van der Waals surface area contributed by atoms with Gasteiger partial charge in [0.05, 0.1) is 23.9 Å². The fourth-order valence-corrected chi connectivity index (χ4v) is 3.94. The number of ether oxygens (including phenoxy) is 1. The van der Waals surface area contributed by atoms with Gasteiger partial charge >= 0.3 is 0 Å². The van der Waals surface area contributed by atoms with Crippen LogP contribution < -0.4 is 4.90 Å². The minimum absolute atomic E-state index is 0.162. The number of phenols is 1. The molecule has 2 fully saturated rings. The highest BCUT2D eigenvalue weighted by Gasteiger charge is 2.43. The molecule has 0 radical (unpaired) electrons. The quantitative estimate of drug-likeness (QED) is 0.738. The minimum atomic E-state index is -0.792. The number of aromatic nitrogens is 2. The molecule has 0 amide bonds. The van der Waals surface area contributed by atoms with Gasteiger partial charge in [0.2, 0.25) is 0 Å². The van der Waals surface area contributed by atoms with Gasteiger partial charge in [0.15, 0.2) is 5.82 Å². The zero-order valence-corrected chi connectivity index (χ0v) is 15.4. The van der Waals surface area contributed by atoms with E-state index in [0.717, 1.165) is 37.4 Å². The largest absolute Gasteiger partial charge is 0.507 e. The monoisotopic (exact) mass is 371 g/mol. The number of phenolic OH excluding ortho intramolecular Hbond substituents is 1. The third kappa shape index (κ3) is 3.63. The standard InChI is InChI=1S/C20H25N3O4/c1-13-10-18(22-19(21-13)14-4-2-3-5-15(14)24)23-8-6-20(7-9-23)11-16(25)17(26)12-27-20/h2-5,10,16-17,24-26H,6-9,11-12H2,1H3/t16-,17+/m1/s1. The van der Waals surface area contributed by atoms with Crippen molar-refractivity contribution in [2.24, 2.45) is 0 Å². The first kappa shape index (κ1) is 18.2. The highest BCUT2D eigenvalue weighted by molar-refractivity contribution is 5.65. The molecule has 2 aliphatic rings. The van der Waals surface area contributed by atoms with Gasteiger partial charge in [-0.3, -0.25) is 0 Å². The summed E-state index contributed by atoms with van der Waals surface area (Å²) in [7, 11) is 0. The molecule has 1 aromatic carbocycles. The van der Waals surface area contributed by atoms with Crippen molar-refractivity contribution < 1.29 is 20.1 Å². The van der Waals surface area contributed by atoms with Crippen LogP contribution in [0.5, 0.6) is 5.75 Å². The summed E-state index contributed by atoms with van der Waals surface area (Å²) in [5.41, 5.74) is 1.09. The number of anilines is 1. The van der Waals surface area contributed by atoms with E-state index in [-0.39, 0.29) is 18.0 Å². The lowest BCUT2D eigenvalue weighted by molar-refractivity contribution is -0.178. The van der Waals surface area contributed by atoms with E-state index in [1.165, 1.54) is 0 Å². The molecule has 0 saturated carbocycles. The molecule has 144 valence electrons. The van der Waals surface area contributed by atoms with Crippen LogP contribution >= 0.6 is 0 Å². The summed E-state index contributed by atoms with van der Waals surface area (Å²) >= 11 is 0. The molecular weight excluding hydrogens is 346 g/mol. The maximum absolute atomic E-state index is 10.1. The maximum Gasteiger partial charge on any atom is 0.165 e. The Bertz CT molecular complexity index is 821. The van der Waals surface area contributed by atoms with E-state index in [1.54, 1.807) is 12.1 Å². The fourth-order valence-electron chi connectivity index (χ4n) is 3.94. The number of rotatable bonds is 2. The summed E-state index contributed by atoms with van der Waals surface area (Å²) in [6, 6.07) is 9.01. The summed E-state index contributed by atoms with van der Waals surface area (Å²) in [6.45, 7) is 3.60. The van der Waals surface area contributed by atoms with Gasteiger partial charge in [0, 0.05) is 31.3 Å². The zero-order chi connectivity index (χ0) is 19.0. The Hall–Kier alpha value is -2.22. The molecule has 2 atom stereocenters. The number of benzene rings is 1. The van der Waals surface area contributed by atoms with Gasteiger partial charge in [-0.1, -0.05) is 12.1 Å². The van der Waals surface area contributed by atoms with Gasteiger partial charge in [-0.2, -0.15) is 0 Å². The highest BCUT2D eigenvalue weighted by Crippen LogP contribution is 2.36. The number of aliphatic hydroxyl groups excluding tert-OH is 2. The Labute approximate surface area is 158 Å². The van der Waals surface area contributed by atoms with Crippen molar-refractivity contribution in [2.45, 2.75) is 44.0 Å². The number of aryl methyl sites for hydroxylation is 1. The van der Waals surface area contributed by atoms with Crippen LogP contribution in [0.4, 0.5) is 5.82 Å². The molecule has 0 aliphatic carbocycles. The molecule has 0 unspecified atom stereocenters. The van der Waals surface area contributed by atoms with Gasteiger partial charge in [-0.15, -0.1) is 0 Å². The van der Waals surface area contributed by atoms with Crippen LogP contribution in [0.15, 0.2) is 30.3 Å². The molecule has 0 bridgehead atoms. The maximum atomic E-state index is 10.1. The Morgan fingerprint density at radius 1 is 1.11 bits per heavy atom. The van der Waals surface area contributed by atoms with E-state index in [0.29, 0.717) is 17.8 Å². The van der Waals surface area contributed by atoms with Gasteiger partial charge < -0.3 is 25.0 Å². The number of nitrogens with zero attached hydrogens (tertiary/aromatic N) is 3. The first-order valence-electron chi connectivity index (χ1n) is 9.35. The Balaban J connectivity index is 1.53. The van der Waals surface area contributed by atoms with Crippen LogP contribution in [-0.2, 0) is 4.74 Å². The Morgan fingerprint density at radius 2 is 1.85 bits per heavy atom. The molecule has 7 nitrogen and oxygen atoms in total. The third-order valence-electron chi connectivity index (χ3n) is 5.57. The van der Waals surface area contributed by atoms with Crippen LogP contribution in [0.2, 0.25) is 0 Å². The van der Waals surface area contributed by atoms with E-state index in [2.05, 4.69) is 14.9 Å². The van der Waals surface area contributed by atoms with E-state index in [9.17, 15) is 15.3 Å². The first-order chi connectivity index (χ1) is 13.0. The number of hydrogen-bond donors (Lipinski definition) is 3. The second-order valence-corrected chi connectivity index (χ2v) is 7.53. The first-order valence-corrected chi connectivity index (χ1v) is 9.35. The Morgan fingerprint density at radius 3 is 2.56 bits per heavy atom. The number of hydrogen-bond acceptors (Lipinski definition) is 7. The van der Waals surface area contributed by atoms with Crippen molar-refractivity contribution in [3.05, 3.63) is 36.0 Å². The summed E-state index contributed by atoms with van der Waals surface area (Å²) in [6.07, 6.45) is 0.490. The highest BCUT2D eigenvalue weighted by atomic mass is 16.5. The number of aromatic hydroxyl groups is 1. The predicted octanol–water partition coefficient (Wildman–Crippen LogP) is 1.64. The normalized spacial score (nSPS) is 24.9. The van der Waals surface area contributed by atoms with Crippen LogP contribution in [0.1, 0.15) is 25.0 Å². The lowest BCUT2D eigenvalue weighted by Crippen LogP contribution is -2.54. The summed E-state index contributed by atoms with van der Waals surface area (Å²) in [5, 5.41) is 29.8. The van der Waals surface area contributed by atoms with Gasteiger partial charge in [-0.25, -0.2) is 9.97 Å². The van der Waals surface area contributed by atoms with E-state index < -0.39 is 12.2 Å². The van der Waals surface area contributed by atoms with Crippen LogP contribution in [0.3, 0.4) is 0 Å². The fraction of sp³-hybridized carbons (Fsp3) is 0.500. The lowest BCUT2D eigenvalue weighted by Gasteiger charge is -2.46. The molecule has 1 spiro atoms. The molecule has 7 heteroatoms. The van der Waals surface area contributed by atoms with E-state index in [4.69, 9.17) is 4.74 Å². The molecule has 3 N–H and O–H groups in total. The molecule has 2 saturated heterocycles. The molecule has 3 heterocycles. The molecule has 2 aliphatic heterocycles. The van der Waals surface area contributed by atoms with Crippen molar-refractivity contribution in [3.8, 4) is 17.1 Å². The molecule has 2 aromatic rings. The zero-order valence-electron chi connectivity index (χ0n) is 15.4. The second-order valence-electron chi connectivity index (χ2n) is 7.53. The Kier molecular flexibility index (Phi) is 4.75. The van der Waals surface area contributed by atoms with Crippen LogP contribution in [-0.4, -0.2) is 62.8 Å². The third-order valence-corrected chi connectivity index (χ3v) is 5.57. The van der Waals surface area contributed by atoms with Crippen molar-refractivity contribution in [2.75, 3.05) is 24.6 Å². The number of para-hydroxylation sites is 1. The minimum Gasteiger partial charge on any atom is -0.507 e. The van der Waals surface area contributed by atoms with Gasteiger partial charge in [-0.05, 0) is 31.9 Å². The molecule has 27 heavy (non-hydrogen) atoms. The van der Waals surface area contributed by atoms with E-state index in [1.807, 2.05) is 25.1 Å². The second kappa shape index (κ2) is 7.07. The van der Waals surface area contributed by atoms with Crippen LogP contribution in [0.25, 0.3) is 11.4 Å². The van der Waals surface area contributed by atoms with E-state index >= 15 is 0 Å². The number of aliphatic hydroxyl groups is 2. The molecule has 1 aromatic heterocycles. The van der Waals surface area contributed by atoms with Crippen molar-refractivity contribution in [1.29, 1.82) is 0 Å². The molecular formula is C20H25N3O4. The predicted molar refractivity (Wildman–Crippen MR) is 101 cm³/mol. The van der Waals surface area contributed by atoms with Crippen molar-refractivity contribution in [3.63, 3.8) is 0 Å². The van der Waals surface area contributed by atoms with Gasteiger partial charge in [0.1, 0.15) is 17.7 Å². The average Bonchev–Trinajstić information content (AvgIpc) is 2.66. The smallest absolute Gasteiger partial charge is 0.165 e. The summed E-state index contributed by atoms with van der Waals surface area (Å²) in [4.78, 5) is 11.3. The SMILES string of the molecule is Cc1cc(N2CCC3(CC2)C[C@@H](O)[C@@H](O)CO3)nc(-c2ccccc2O)n1.